The molecule has 2 N–H and O–H groups in total. The van der Waals surface area contributed by atoms with Gasteiger partial charge in [-0.1, -0.05) is 15.9 Å². The van der Waals surface area contributed by atoms with E-state index in [1.54, 1.807) is 11.3 Å². The van der Waals surface area contributed by atoms with E-state index >= 15 is 0 Å². The molecule has 50 valence electrons. The van der Waals surface area contributed by atoms with E-state index in [1.807, 2.05) is 6.20 Å². The van der Waals surface area contributed by atoms with Crippen LogP contribution in [0.25, 0.3) is 0 Å². The molecule has 1 rings (SSSR count). The Hall–Kier alpha value is -0.0900. The summed E-state index contributed by atoms with van der Waals surface area (Å²) in [6.07, 6.45) is 2.84. The second-order valence-corrected chi connectivity index (χ2v) is 3.54. The third-order valence-corrected chi connectivity index (χ3v) is 2.20. The molecule has 0 aromatic carbocycles. The van der Waals surface area contributed by atoms with Crippen molar-refractivity contribution < 1.29 is 0 Å². The highest BCUT2D eigenvalue weighted by molar-refractivity contribution is 9.09. The lowest BCUT2D eigenvalue weighted by atomic mass is 10.4. The van der Waals surface area contributed by atoms with Crippen LogP contribution in [-0.4, -0.2) is 10.3 Å². The Balaban J connectivity index is 2.61. The fourth-order valence-corrected chi connectivity index (χ4v) is 1.90. The molecule has 2 nitrogen and oxygen atoms in total. The van der Waals surface area contributed by atoms with Crippen molar-refractivity contribution in [3.05, 3.63) is 11.1 Å². The van der Waals surface area contributed by atoms with Crippen LogP contribution in [0.2, 0.25) is 0 Å². The van der Waals surface area contributed by atoms with Crippen LogP contribution < -0.4 is 5.73 Å². The molecular weight excluding hydrogens is 200 g/mol. The number of hydrogen-bond acceptors (Lipinski definition) is 3. The number of aryl methyl sites for hydroxylation is 1. The summed E-state index contributed by atoms with van der Waals surface area (Å²) in [4.78, 5) is 5.15. The fourth-order valence-electron chi connectivity index (χ4n) is 0.531. The van der Waals surface area contributed by atoms with E-state index < -0.39 is 0 Å². The average molecular weight is 207 g/mol. The number of rotatable bonds is 2. The number of hydrogen-bond donors (Lipinski definition) is 1. The number of halogens is 1. The molecule has 0 radical (unpaired) electrons. The number of nitrogens with two attached hydrogens (primary N) is 1. The van der Waals surface area contributed by atoms with E-state index in [-0.39, 0.29) is 0 Å². The van der Waals surface area contributed by atoms with Crippen LogP contribution in [0.3, 0.4) is 0 Å². The first-order valence-corrected chi connectivity index (χ1v) is 4.53. The van der Waals surface area contributed by atoms with E-state index in [9.17, 15) is 0 Å². The quantitative estimate of drug-likeness (QED) is 0.749. The summed E-state index contributed by atoms with van der Waals surface area (Å²) in [5, 5.41) is 1.64. The molecule has 1 aromatic heterocycles. The summed E-state index contributed by atoms with van der Waals surface area (Å²) in [5.41, 5.74) is 5.40. The van der Waals surface area contributed by atoms with Gasteiger partial charge < -0.3 is 5.73 Å². The molecule has 0 aliphatic carbocycles. The van der Waals surface area contributed by atoms with Crippen molar-refractivity contribution in [3.63, 3.8) is 0 Å². The molecule has 9 heavy (non-hydrogen) atoms. The molecule has 0 aliphatic rings. The van der Waals surface area contributed by atoms with Gasteiger partial charge in [0.15, 0.2) is 5.13 Å². The number of thiazole rings is 1. The first kappa shape index (κ1) is 7.02. The maximum Gasteiger partial charge on any atom is 0.180 e. The van der Waals surface area contributed by atoms with E-state index in [0.717, 1.165) is 11.8 Å². The molecule has 1 heterocycles. The molecule has 0 aliphatic heterocycles. The number of nitrogen functional groups attached to an aromatic ring is 1. The van der Waals surface area contributed by atoms with E-state index in [4.69, 9.17) is 5.73 Å². The Bertz CT molecular complexity index is 187. The molecule has 0 bridgehead atoms. The molecular formula is C5H7BrN2S. The van der Waals surface area contributed by atoms with Crippen LogP contribution in [0, 0.1) is 0 Å². The SMILES string of the molecule is Nc1ncc(CCBr)s1. The minimum atomic E-state index is 0.658. The van der Waals surface area contributed by atoms with Gasteiger partial charge in [0.1, 0.15) is 0 Å². The molecule has 0 atom stereocenters. The largest absolute Gasteiger partial charge is 0.375 e. The maximum absolute atomic E-state index is 5.40. The highest BCUT2D eigenvalue weighted by Crippen LogP contribution is 2.14. The Kier molecular flexibility index (Phi) is 2.48. The minimum Gasteiger partial charge on any atom is -0.375 e. The van der Waals surface area contributed by atoms with Crippen LogP contribution in [0.4, 0.5) is 5.13 Å². The van der Waals surface area contributed by atoms with Gasteiger partial charge in [-0.2, -0.15) is 0 Å². The summed E-state index contributed by atoms with van der Waals surface area (Å²) < 4.78 is 0. The number of anilines is 1. The molecule has 4 heteroatoms. The lowest BCUT2D eigenvalue weighted by Gasteiger charge is -1.83. The summed E-state index contributed by atoms with van der Waals surface area (Å²) in [5.74, 6) is 0. The topological polar surface area (TPSA) is 38.9 Å². The molecule has 0 spiro atoms. The lowest BCUT2D eigenvalue weighted by molar-refractivity contribution is 1.20. The second-order valence-electron chi connectivity index (χ2n) is 1.60. The molecule has 0 saturated heterocycles. The predicted molar refractivity (Wildman–Crippen MR) is 44.0 cm³/mol. The predicted octanol–water partition coefficient (Wildman–Crippen LogP) is 1.66. The zero-order valence-electron chi connectivity index (χ0n) is 4.80. The second kappa shape index (κ2) is 3.17. The highest BCUT2D eigenvalue weighted by atomic mass is 79.9. The average Bonchev–Trinajstić information content (AvgIpc) is 2.17. The van der Waals surface area contributed by atoms with Crippen LogP contribution in [0.15, 0.2) is 6.20 Å². The fraction of sp³-hybridized carbons (Fsp3) is 0.400. The summed E-state index contributed by atoms with van der Waals surface area (Å²) in [6, 6.07) is 0. The Morgan fingerprint density at radius 3 is 3.00 bits per heavy atom. The first-order valence-electron chi connectivity index (χ1n) is 2.59. The Morgan fingerprint density at radius 1 is 1.78 bits per heavy atom. The Labute approximate surface area is 66.2 Å². The smallest absolute Gasteiger partial charge is 0.180 e. The lowest BCUT2D eigenvalue weighted by Crippen LogP contribution is -1.77. The van der Waals surface area contributed by atoms with E-state index in [1.165, 1.54) is 4.88 Å². The van der Waals surface area contributed by atoms with Crippen molar-refractivity contribution >= 4 is 32.4 Å². The van der Waals surface area contributed by atoms with Crippen molar-refractivity contribution in [2.24, 2.45) is 0 Å². The summed E-state index contributed by atoms with van der Waals surface area (Å²) in [6.45, 7) is 0. The third kappa shape index (κ3) is 1.95. The van der Waals surface area contributed by atoms with Gasteiger partial charge in [0.2, 0.25) is 0 Å². The molecule has 0 unspecified atom stereocenters. The van der Waals surface area contributed by atoms with Gasteiger partial charge in [0, 0.05) is 16.4 Å². The van der Waals surface area contributed by atoms with Gasteiger partial charge >= 0.3 is 0 Å². The Morgan fingerprint density at radius 2 is 2.56 bits per heavy atom. The van der Waals surface area contributed by atoms with Crippen LogP contribution in [0.5, 0.6) is 0 Å². The van der Waals surface area contributed by atoms with Crippen molar-refractivity contribution in [2.75, 3.05) is 11.1 Å². The van der Waals surface area contributed by atoms with Gasteiger partial charge in [-0.05, 0) is 6.42 Å². The van der Waals surface area contributed by atoms with Crippen LogP contribution in [-0.2, 0) is 6.42 Å². The van der Waals surface area contributed by atoms with Gasteiger partial charge in [0.05, 0.1) is 0 Å². The van der Waals surface area contributed by atoms with Gasteiger partial charge in [-0.3, -0.25) is 0 Å². The molecule has 1 aromatic rings. The van der Waals surface area contributed by atoms with Gasteiger partial charge in [-0.15, -0.1) is 11.3 Å². The molecule has 0 fully saturated rings. The van der Waals surface area contributed by atoms with Gasteiger partial charge in [-0.25, -0.2) is 4.98 Å². The normalized spacial score (nSPS) is 9.89. The van der Waals surface area contributed by atoms with Crippen molar-refractivity contribution in [2.45, 2.75) is 6.42 Å². The summed E-state index contributed by atoms with van der Waals surface area (Å²) in [7, 11) is 0. The van der Waals surface area contributed by atoms with Crippen molar-refractivity contribution in [1.29, 1.82) is 0 Å². The zero-order chi connectivity index (χ0) is 6.69. The van der Waals surface area contributed by atoms with Crippen molar-refractivity contribution in [1.82, 2.24) is 4.98 Å². The molecule has 0 amide bonds. The monoisotopic (exact) mass is 206 g/mol. The first-order chi connectivity index (χ1) is 4.33. The zero-order valence-corrected chi connectivity index (χ0v) is 7.20. The van der Waals surface area contributed by atoms with Crippen LogP contribution >= 0.6 is 27.3 Å². The standard InChI is InChI=1S/C5H7BrN2S/c6-2-1-4-3-8-5(7)9-4/h3H,1-2H2,(H2,7,8). The number of nitrogens with zero attached hydrogens (tertiary/aromatic N) is 1. The van der Waals surface area contributed by atoms with E-state index in [2.05, 4.69) is 20.9 Å². The van der Waals surface area contributed by atoms with E-state index in [0.29, 0.717) is 5.13 Å². The third-order valence-electron chi connectivity index (χ3n) is 0.912. The van der Waals surface area contributed by atoms with Crippen LogP contribution in [0.1, 0.15) is 4.88 Å². The maximum atomic E-state index is 5.40. The van der Waals surface area contributed by atoms with Gasteiger partial charge in [0.25, 0.3) is 0 Å². The molecule has 0 saturated carbocycles. The van der Waals surface area contributed by atoms with Crippen molar-refractivity contribution in [3.8, 4) is 0 Å². The number of aromatic nitrogens is 1. The minimum absolute atomic E-state index is 0.658. The number of alkyl halides is 1. The summed E-state index contributed by atoms with van der Waals surface area (Å²) >= 11 is 4.88. The highest BCUT2D eigenvalue weighted by Gasteiger charge is 1.95.